The number of thiazole rings is 1. The topological polar surface area (TPSA) is 85.1 Å². The summed E-state index contributed by atoms with van der Waals surface area (Å²) in [5, 5.41) is 5.64. The Morgan fingerprint density at radius 3 is 2.73 bits per heavy atom. The molecule has 3 N–H and O–H groups in total. The zero-order valence-corrected chi connectivity index (χ0v) is 16.5. The molecule has 0 atom stereocenters. The van der Waals surface area contributed by atoms with Crippen LogP contribution in [0.25, 0.3) is 10.6 Å². The molecule has 0 spiro atoms. The summed E-state index contributed by atoms with van der Waals surface area (Å²) in [7, 11) is 0. The largest absolute Gasteiger partial charge is 0.366 e. The molecule has 5 nitrogen and oxygen atoms in total. The molecule has 1 heterocycles. The van der Waals surface area contributed by atoms with E-state index in [1.165, 1.54) is 23.5 Å². The molecule has 0 aliphatic rings. The lowest BCUT2D eigenvalue weighted by Crippen LogP contribution is -2.15. The Kier molecular flexibility index (Phi) is 5.70. The third-order valence-corrected chi connectivity index (χ3v) is 5.23. The van der Waals surface area contributed by atoms with E-state index in [2.05, 4.69) is 26.2 Å². The fourth-order valence-corrected chi connectivity index (χ4v) is 3.79. The lowest BCUT2D eigenvalue weighted by Gasteiger charge is -2.06. The molecule has 1 aromatic heterocycles. The summed E-state index contributed by atoms with van der Waals surface area (Å²) in [6, 6.07) is 12.4. The van der Waals surface area contributed by atoms with Crippen LogP contribution >= 0.6 is 38.9 Å². The zero-order valence-electron chi connectivity index (χ0n) is 13.3. The average molecular weight is 451 g/mol. The Labute approximate surface area is 167 Å². The van der Waals surface area contributed by atoms with Crippen LogP contribution in [0, 0.1) is 0 Å². The van der Waals surface area contributed by atoms with Crippen molar-refractivity contribution in [1.82, 2.24) is 4.98 Å². The number of nitrogens with one attached hydrogen (secondary N) is 1. The SMILES string of the molecule is NC(=O)c1ccc(NC(=O)Cc2csc(-c3cccc(Br)c3)n2)cc1Cl. The molecule has 0 fully saturated rings. The predicted molar refractivity (Wildman–Crippen MR) is 108 cm³/mol. The van der Waals surface area contributed by atoms with Crippen molar-refractivity contribution < 1.29 is 9.59 Å². The molecule has 2 aromatic carbocycles. The molecular formula is C18H13BrClN3O2S. The lowest BCUT2D eigenvalue weighted by molar-refractivity contribution is -0.115. The molecule has 0 radical (unpaired) electrons. The Morgan fingerprint density at radius 1 is 1.23 bits per heavy atom. The number of hydrogen-bond acceptors (Lipinski definition) is 4. The van der Waals surface area contributed by atoms with Gasteiger partial charge in [0.2, 0.25) is 11.8 Å². The van der Waals surface area contributed by atoms with E-state index in [1.807, 2.05) is 29.6 Å². The van der Waals surface area contributed by atoms with Crippen LogP contribution in [-0.2, 0) is 11.2 Å². The summed E-state index contributed by atoms with van der Waals surface area (Å²) in [5.41, 5.74) is 7.58. The van der Waals surface area contributed by atoms with Gasteiger partial charge in [-0.05, 0) is 30.3 Å². The Balaban J connectivity index is 1.67. The number of carbonyl (C=O) groups excluding carboxylic acids is 2. The first-order valence-corrected chi connectivity index (χ1v) is 9.57. The van der Waals surface area contributed by atoms with E-state index in [-0.39, 0.29) is 22.9 Å². The maximum atomic E-state index is 12.2. The highest BCUT2D eigenvalue weighted by Gasteiger charge is 2.12. The van der Waals surface area contributed by atoms with Crippen LogP contribution in [0.5, 0.6) is 0 Å². The third kappa shape index (κ3) is 4.49. The van der Waals surface area contributed by atoms with Crippen LogP contribution in [0.2, 0.25) is 5.02 Å². The number of anilines is 1. The molecule has 0 saturated carbocycles. The van der Waals surface area contributed by atoms with Gasteiger partial charge in [0.05, 0.1) is 22.7 Å². The second kappa shape index (κ2) is 7.99. The summed E-state index contributed by atoms with van der Waals surface area (Å²) < 4.78 is 0.973. The molecule has 132 valence electrons. The van der Waals surface area contributed by atoms with Gasteiger partial charge in [0, 0.05) is 21.1 Å². The van der Waals surface area contributed by atoms with E-state index in [1.54, 1.807) is 6.07 Å². The highest BCUT2D eigenvalue weighted by Crippen LogP contribution is 2.26. The fraction of sp³-hybridized carbons (Fsp3) is 0.0556. The zero-order chi connectivity index (χ0) is 18.7. The van der Waals surface area contributed by atoms with Gasteiger partial charge in [-0.25, -0.2) is 4.98 Å². The minimum absolute atomic E-state index is 0.139. The minimum Gasteiger partial charge on any atom is -0.366 e. The average Bonchev–Trinajstić information content (AvgIpc) is 3.03. The first-order valence-electron chi connectivity index (χ1n) is 7.52. The van der Waals surface area contributed by atoms with Gasteiger partial charge in [-0.2, -0.15) is 0 Å². The van der Waals surface area contributed by atoms with Crippen LogP contribution in [0.15, 0.2) is 52.3 Å². The van der Waals surface area contributed by atoms with Gasteiger partial charge < -0.3 is 11.1 Å². The molecule has 3 rings (SSSR count). The number of rotatable bonds is 5. The van der Waals surface area contributed by atoms with Crippen LogP contribution < -0.4 is 11.1 Å². The smallest absolute Gasteiger partial charge is 0.250 e. The van der Waals surface area contributed by atoms with Gasteiger partial charge >= 0.3 is 0 Å². The van der Waals surface area contributed by atoms with Crippen LogP contribution in [-0.4, -0.2) is 16.8 Å². The van der Waals surface area contributed by atoms with Gasteiger partial charge in [0.15, 0.2) is 0 Å². The number of nitrogens with zero attached hydrogens (tertiary/aromatic N) is 1. The maximum absolute atomic E-state index is 12.2. The van der Waals surface area contributed by atoms with Crippen LogP contribution in [0.4, 0.5) is 5.69 Å². The summed E-state index contributed by atoms with van der Waals surface area (Å²) in [6.07, 6.45) is 0.139. The first kappa shape index (κ1) is 18.6. The van der Waals surface area contributed by atoms with Gasteiger partial charge in [-0.15, -0.1) is 11.3 Å². The van der Waals surface area contributed by atoms with E-state index in [4.69, 9.17) is 17.3 Å². The quantitative estimate of drug-likeness (QED) is 0.600. The van der Waals surface area contributed by atoms with Crippen molar-refractivity contribution in [3.63, 3.8) is 0 Å². The highest BCUT2D eigenvalue weighted by atomic mass is 79.9. The maximum Gasteiger partial charge on any atom is 0.250 e. The molecule has 0 aliphatic heterocycles. The van der Waals surface area contributed by atoms with E-state index < -0.39 is 5.91 Å². The standard InChI is InChI=1S/C18H13BrClN3O2S/c19-11-3-1-2-10(6-11)18-23-13(9-26-18)8-16(24)22-12-4-5-14(17(21)25)15(20)7-12/h1-7,9H,8H2,(H2,21,25)(H,22,24). The Morgan fingerprint density at radius 2 is 2.04 bits per heavy atom. The van der Waals surface area contributed by atoms with Gasteiger partial charge in [0.1, 0.15) is 5.01 Å². The van der Waals surface area contributed by atoms with E-state index in [0.717, 1.165) is 15.0 Å². The van der Waals surface area contributed by atoms with Crippen molar-refractivity contribution >= 4 is 56.4 Å². The summed E-state index contributed by atoms with van der Waals surface area (Å²) in [4.78, 5) is 27.9. The number of hydrogen-bond donors (Lipinski definition) is 2. The number of aromatic nitrogens is 1. The van der Waals surface area contributed by atoms with Gasteiger partial charge in [0.25, 0.3) is 0 Å². The fourth-order valence-electron chi connectivity index (χ4n) is 2.30. The number of nitrogens with two attached hydrogens (primary N) is 1. The molecule has 8 heteroatoms. The van der Waals surface area contributed by atoms with Crippen molar-refractivity contribution in [1.29, 1.82) is 0 Å². The first-order chi connectivity index (χ1) is 12.4. The van der Waals surface area contributed by atoms with Gasteiger partial charge in [-0.3, -0.25) is 9.59 Å². The number of carbonyl (C=O) groups is 2. The molecule has 0 bridgehead atoms. The van der Waals surface area contributed by atoms with Crippen molar-refractivity contribution in [3.8, 4) is 10.6 Å². The molecule has 3 aromatic rings. The minimum atomic E-state index is -0.615. The Bertz CT molecular complexity index is 990. The molecule has 0 aliphatic carbocycles. The lowest BCUT2D eigenvalue weighted by atomic mass is 10.2. The van der Waals surface area contributed by atoms with Crippen molar-refractivity contribution in [3.05, 3.63) is 68.6 Å². The normalized spacial score (nSPS) is 10.5. The van der Waals surface area contributed by atoms with Crippen LogP contribution in [0.3, 0.4) is 0 Å². The van der Waals surface area contributed by atoms with Crippen LogP contribution in [0.1, 0.15) is 16.1 Å². The third-order valence-electron chi connectivity index (χ3n) is 3.48. The molecule has 2 amide bonds. The molecule has 26 heavy (non-hydrogen) atoms. The van der Waals surface area contributed by atoms with E-state index in [0.29, 0.717) is 11.4 Å². The number of amides is 2. The van der Waals surface area contributed by atoms with E-state index >= 15 is 0 Å². The molecular weight excluding hydrogens is 438 g/mol. The van der Waals surface area contributed by atoms with Crippen molar-refractivity contribution in [2.24, 2.45) is 5.73 Å². The number of primary amides is 1. The number of halogens is 2. The predicted octanol–water partition coefficient (Wildman–Crippen LogP) is 4.51. The summed E-state index contributed by atoms with van der Waals surface area (Å²) >= 11 is 10.9. The molecule has 0 saturated heterocycles. The van der Waals surface area contributed by atoms with Gasteiger partial charge in [-0.1, -0.05) is 39.7 Å². The van der Waals surface area contributed by atoms with Crippen molar-refractivity contribution in [2.75, 3.05) is 5.32 Å². The number of benzene rings is 2. The summed E-state index contributed by atoms with van der Waals surface area (Å²) in [5.74, 6) is -0.839. The summed E-state index contributed by atoms with van der Waals surface area (Å²) in [6.45, 7) is 0. The Hall–Kier alpha value is -2.22. The van der Waals surface area contributed by atoms with E-state index in [9.17, 15) is 9.59 Å². The van der Waals surface area contributed by atoms with Crippen molar-refractivity contribution in [2.45, 2.75) is 6.42 Å². The monoisotopic (exact) mass is 449 g/mol. The second-order valence-corrected chi connectivity index (χ2v) is 7.62. The second-order valence-electron chi connectivity index (χ2n) is 5.44. The highest BCUT2D eigenvalue weighted by molar-refractivity contribution is 9.10. The molecule has 0 unspecified atom stereocenters.